The molecule has 0 spiro atoms. The van der Waals surface area contributed by atoms with Gasteiger partial charge in [0.05, 0.1) is 12.2 Å². The smallest absolute Gasteiger partial charge is 0.255 e. The number of aromatic nitrogens is 1. The van der Waals surface area contributed by atoms with Gasteiger partial charge >= 0.3 is 0 Å². The highest BCUT2D eigenvalue weighted by Crippen LogP contribution is 2.11. The Morgan fingerprint density at radius 3 is 2.44 bits per heavy atom. The van der Waals surface area contributed by atoms with Gasteiger partial charge in [0.25, 0.3) is 5.91 Å². The molecule has 5 heteroatoms. The minimum atomic E-state index is -0.100. The Labute approximate surface area is 108 Å². The van der Waals surface area contributed by atoms with Crippen LogP contribution < -0.4 is 4.90 Å². The van der Waals surface area contributed by atoms with Crippen LogP contribution >= 0.6 is 0 Å². The molecular weight excluding hydrogens is 230 g/mol. The van der Waals surface area contributed by atoms with Crippen molar-refractivity contribution in [2.75, 3.05) is 32.1 Å². The molecule has 1 rings (SSSR count). The zero-order valence-corrected chi connectivity index (χ0v) is 11.4. The third-order valence-corrected chi connectivity index (χ3v) is 2.68. The van der Waals surface area contributed by atoms with Gasteiger partial charge in [-0.2, -0.15) is 0 Å². The predicted molar refractivity (Wildman–Crippen MR) is 71.8 cm³/mol. The predicted octanol–water partition coefficient (Wildman–Crippen LogP) is 0.990. The van der Waals surface area contributed by atoms with Crippen molar-refractivity contribution in [3.63, 3.8) is 0 Å². The normalized spacial score (nSPS) is 10.6. The molecule has 0 radical (unpaired) electrons. The largest absolute Gasteiger partial charge is 0.395 e. The molecular formula is C13H21N3O2. The van der Waals surface area contributed by atoms with Crippen molar-refractivity contribution in [3.8, 4) is 0 Å². The van der Waals surface area contributed by atoms with Crippen LogP contribution in [0.15, 0.2) is 18.3 Å². The molecule has 0 aliphatic heterocycles. The first kappa shape index (κ1) is 14.4. The van der Waals surface area contributed by atoms with Gasteiger partial charge in [0, 0.05) is 32.9 Å². The van der Waals surface area contributed by atoms with Crippen molar-refractivity contribution < 1.29 is 9.90 Å². The molecule has 1 N–H and O–H groups in total. The Morgan fingerprint density at radius 1 is 1.39 bits per heavy atom. The number of amides is 1. The maximum absolute atomic E-state index is 12.2. The molecule has 1 amide bonds. The van der Waals surface area contributed by atoms with E-state index in [1.165, 1.54) is 0 Å². The van der Waals surface area contributed by atoms with E-state index in [1.807, 2.05) is 38.9 Å². The van der Waals surface area contributed by atoms with Gasteiger partial charge in [0.15, 0.2) is 0 Å². The van der Waals surface area contributed by atoms with Gasteiger partial charge < -0.3 is 14.9 Å². The van der Waals surface area contributed by atoms with E-state index in [9.17, 15) is 4.79 Å². The molecule has 0 bridgehead atoms. The number of rotatable bonds is 5. The summed E-state index contributed by atoms with van der Waals surface area (Å²) in [6.45, 7) is 4.16. The van der Waals surface area contributed by atoms with Crippen LogP contribution in [0.1, 0.15) is 24.2 Å². The minimum absolute atomic E-state index is 0.0346. The van der Waals surface area contributed by atoms with E-state index < -0.39 is 0 Å². The fourth-order valence-corrected chi connectivity index (χ4v) is 1.64. The van der Waals surface area contributed by atoms with E-state index >= 15 is 0 Å². The van der Waals surface area contributed by atoms with Gasteiger partial charge in [-0.15, -0.1) is 0 Å². The standard InChI is InChI=1S/C13H21N3O2/c1-10(2)16(7-8-17)13(18)11-5-6-12(14-9-11)15(3)4/h5-6,9-10,17H,7-8H2,1-4H3. The number of carbonyl (C=O) groups is 1. The third kappa shape index (κ3) is 3.43. The van der Waals surface area contributed by atoms with Crippen LogP contribution in [0.25, 0.3) is 0 Å². The summed E-state index contributed by atoms with van der Waals surface area (Å²) in [4.78, 5) is 19.9. The summed E-state index contributed by atoms with van der Waals surface area (Å²) in [6.07, 6.45) is 1.57. The average Bonchev–Trinajstić information content (AvgIpc) is 2.35. The molecule has 0 aliphatic rings. The van der Waals surface area contributed by atoms with Crippen molar-refractivity contribution in [3.05, 3.63) is 23.9 Å². The molecule has 0 aromatic carbocycles. The molecule has 100 valence electrons. The van der Waals surface area contributed by atoms with Gasteiger partial charge in [-0.05, 0) is 26.0 Å². The van der Waals surface area contributed by atoms with E-state index in [0.29, 0.717) is 12.1 Å². The van der Waals surface area contributed by atoms with Crippen molar-refractivity contribution >= 4 is 11.7 Å². The highest BCUT2D eigenvalue weighted by atomic mass is 16.3. The second-order valence-electron chi connectivity index (χ2n) is 4.62. The van der Waals surface area contributed by atoms with Crippen LogP contribution in [0.5, 0.6) is 0 Å². The lowest BCUT2D eigenvalue weighted by Gasteiger charge is -2.26. The number of pyridine rings is 1. The van der Waals surface area contributed by atoms with Gasteiger partial charge in [0.2, 0.25) is 0 Å². The van der Waals surface area contributed by atoms with Crippen LogP contribution in [-0.4, -0.2) is 54.2 Å². The van der Waals surface area contributed by atoms with Crippen molar-refractivity contribution in [1.29, 1.82) is 0 Å². The molecule has 5 nitrogen and oxygen atoms in total. The van der Waals surface area contributed by atoms with Crippen LogP contribution in [0.4, 0.5) is 5.82 Å². The summed E-state index contributed by atoms with van der Waals surface area (Å²) >= 11 is 0. The van der Waals surface area contributed by atoms with E-state index in [-0.39, 0.29) is 18.6 Å². The Bertz CT molecular complexity index is 388. The van der Waals surface area contributed by atoms with Crippen molar-refractivity contribution in [2.45, 2.75) is 19.9 Å². The topological polar surface area (TPSA) is 56.7 Å². The summed E-state index contributed by atoms with van der Waals surface area (Å²) in [7, 11) is 3.80. The Hall–Kier alpha value is -1.62. The van der Waals surface area contributed by atoms with Crippen LogP contribution in [0.2, 0.25) is 0 Å². The zero-order valence-electron chi connectivity index (χ0n) is 11.4. The number of hydrogen-bond acceptors (Lipinski definition) is 4. The van der Waals surface area contributed by atoms with E-state index in [1.54, 1.807) is 17.2 Å². The monoisotopic (exact) mass is 251 g/mol. The maximum atomic E-state index is 12.2. The van der Waals surface area contributed by atoms with E-state index in [4.69, 9.17) is 5.11 Å². The van der Waals surface area contributed by atoms with Crippen LogP contribution in [0.3, 0.4) is 0 Å². The maximum Gasteiger partial charge on any atom is 0.255 e. The summed E-state index contributed by atoms with van der Waals surface area (Å²) in [6, 6.07) is 3.63. The quantitative estimate of drug-likeness (QED) is 0.848. The van der Waals surface area contributed by atoms with Crippen molar-refractivity contribution in [1.82, 2.24) is 9.88 Å². The Kier molecular flexibility index (Phi) is 5.09. The van der Waals surface area contributed by atoms with Crippen LogP contribution in [-0.2, 0) is 0 Å². The number of aliphatic hydroxyl groups excluding tert-OH is 1. The summed E-state index contributed by atoms with van der Waals surface area (Å²) in [5.41, 5.74) is 0.544. The fraction of sp³-hybridized carbons (Fsp3) is 0.538. The number of nitrogens with zero attached hydrogens (tertiary/aromatic N) is 3. The third-order valence-electron chi connectivity index (χ3n) is 2.68. The molecule has 1 heterocycles. The molecule has 0 saturated carbocycles. The summed E-state index contributed by atoms with van der Waals surface area (Å²) < 4.78 is 0. The SMILES string of the molecule is CC(C)N(CCO)C(=O)c1ccc(N(C)C)nc1. The second-order valence-corrected chi connectivity index (χ2v) is 4.62. The Balaban J connectivity index is 2.88. The number of hydrogen-bond donors (Lipinski definition) is 1. The van der Waals surface area contributed by atoms with Gasteiger partial charge in [-0.3, -0.25) is 4.79 Å². The van der Waals surface area contributed by atoms with Crippen LogP contribution in [0, 0.1) is 0 Å². The molecule has 0 saturated heterocycles. The first-order valence-electron chi connectivity index (χ1n) is 6.02. The van der Waals surface area contributed by atoms with E-state index in [2.05, 4.69) is 4.98 Å². The fourth-order valence-electron chi connectivity index (χ4n) is 1.64. The minimum Gasteiger partial charge on any atom is -0.395 e. The lowest BCUT2D eigenvalue weighted by molar-refractivity contribution is 0.0665. The van der Waals surface area contributed by atoms with Gasteiger partial charge in [-0.25, -0.2) is 4.98 Å². The molecule has 0 aliphatic carbocycles. The average molecular weight is 251 g/mol. The Morgan fingerprint density at radius 2 is 2.06 bits per heavy atom. The lowest BCUT2D eigenvalue weighted by atomic mass is 10.2. The van der Waals surface area contributed by atoms with Gasteiger partial charge in [-0.1, -0.05) is 0 Å². The molecule has 1 aromatic rings. The number of anilines is 1. The first-order valence-corrected chi connectivity index (χ1v) is 6.02. The molecule has 0 unspecified atom stereocenters. The van der Waals surface area contributed by atoms with Crippen molar-refractivity contribution in [2.24, 2.45) is 0 Å². The molecule has 18 heavy (non-hydrogen) atoms. The summed E-state index contributed by atoms with van der Waals surface area (Å²) in [5.74, 6) is 0.710. The number of aliphatic hydroxyl groups is 1. The highest BCUT2D eigenvalue weighted by Gasteiger charge is 2.18. The molecule has 0 fully saturated rings. The van der Waals surface area contributed by atoms with E-state index in [0.717, 1.165) is 5.82 Å². The zero-order chi connectivity index (χ0) is 13.7. The highest BCUT2D eigenvalue weighted by molar-refractivity contribution is 5.94. The molecule has 1 aromatic heterocycles. The summed E-state index contributed by atoms with van der Waals surface area (Å²) in [5, 5.41) is 8.98. The second kappa shape index (κ2) is 6.35. The van der Waals surface area contributed by atoms with Gasteiger partial charge in [0.1, 0.15) is 5.82 Å². The molecule has 0 atom stereocenters. The number of carbonyl (C=O) groups excluding carboxylic acids is 1. The first-order chi connectivity index (χ1) is 8.47. The lowest BCUT2D eigenvalue weighted by Crippen LogP contribution is -2.39.